The number of benzene rings is 1. The summed E-state index contributed by atoms with van der Waals surface area (Å²) in [5.41, 5.74) is 1.19. The van der Waals surface area contributed by atoms with E-state index in [0.29, 0.717) is 6.61 Å². The molecule has 4 heteroatoms. The first-order chi connectivity index (χ1) is 11.2. The highest BCUT2D eigenvalue weighted by molar-refractivity contribution is 5.13. The number of ether oxygens (including phenoxy) is 4. The number of hydrogen-bond donors (Lipinski definition) is 0. The minimum absolute atomic E-state index is 0.0350. The summed E-state index contributed by atoms with van der Waals surface area (Å²) in [4.78, 5) is 0. The maximum absolute atomic E-state index is 6.07. The summed E-state index contributed by atoms with van der Waals surface area (Å²) >= 11 is 0. The molecule has 23 heavy (non-hydrogen) atoms. The third-order valence-electron chi connectivity index (χ3n) is 4.49. The fourth-order valence-electron chi connectivity index (χ4n) is 3.04. The SMILES string of the molecule is C[C@@H]1OC=CC[C@@H]1O[C@H]1CC[C@@H](OCc2ccccc2)[C@H](C)O1. The highest BCUT2D eigenvalue weighted by Crippen LogP contribution is 2.26. The molecule has 0 aromatic heterocycles. The standard InChI is InChI=1S/C19H26O4/c1-14-18(9-6-12-20-14)23-19-11-10-17(15(2)22-19)21-13-16-7-4-3-5-8-16/h3-8,12,14-15,17-19H,9-11,13H2,1-2H3/t14-,15-,17+,18-,19-/m0/s1. The van der Waals surface area contributed by atoms with Crippen molar-refractivity contribution in [3.05, 3.63) is 48.2 Å². The van der Waals surface area contributed by atoms with Crippen LogP contribution in [0.25, 0.3) is 0 Å². The van der Waals surface area contributed by atoms with Gasteiger partial charge in [0.1, 0.15) is 12.2 Å². The first kappa shape index (κ1) is 16.5. The Morgan fingerprint density at radius 1 is 1.04 bits per heavy atom. The van der Waals surface area contributed by atoms with Crippen molar-refractivity contribution in [1.29, 1.82) is 0 Å². The zero-order chi connectivity index (χ0) is 16.1. The second-order valence-electron chi connectivity index (χ2n) is 6.31. The molecular formula is C19H26O4. The van der Waals surface area contributed by atoms with Crippen molar-refractivity contribution in [2.24, 2.45) is 0 Å². The van der Waals surface area contributed by atoms with Crippen LogP contribution in [0.5, 0.6) is 0 Å². The highest BCUT2D eigenvalue weighted by atomic mass is 16.7. The van der Waals surface area contributed by atoms with E-state index in [2.05, 4.69) is 19.1 Å². The average Bonchev–Trinajstić information content (AvgIpc) is 2.57. The largest absolute Gasteiger partial charge is 0.496 e. The van der Waals surface area contributed by atoms with Crippen LogP contribution in [0.4, 0.5) is 0 Å². The normalized spacial score (nSPS) is 34.1. The molecule has 0 unspecified atom stereocenters. The zero-order valence-electron chi connectivity index (χ0n) is 13.9. The Bertz CT molecular complexity index is 501. The lowest BCUT2D eigenvalue weighted by molar-refractivity contribution is -0.252. The third-order valence-corrected chi connectivity index (χ3v) is 4.49. The van der Waals surface area contributed by atoms with Crippen molar-refractivity contribution in [2.45, 2.75) is 70.4 Å². The Balaban J connectivity index is 1.44. The molecule has 2 heterocycles. The minimum atomic E-state index is -0.163. The molecule has 1 aromatic rings. The van der Waals surface area contributed by atoms with Crippen LogP contribution in [0.3, 0.4) is 0 Å². The maximum atomic E-state index is 6.07. The third kappa shape index (κ3) is 4.56. The molecule has 0 spiro atoms. The van der Waals surface area contributed by atoms with Crippen LogP contribution >= 0.6 is 0 Å². The molecule has 1 saturated heterocycles. The maximum Gasteiger partial charge on any atom is 0.158 e. The molecule has 0 radical (unpaired) electrons. The molecule has 5 atom stereocenters. The summed E-state index contributed by atoms with van der Waals surface area (Å²) in [6.07, 6.45) is 6.58. The Morgan fingerprint density at radius 2 is 1.87 bits per heavy atom. The first-order valence-corrected chi connectivity index (χ1v) is 8.49. The Labute approximate surface area is 138 Å². The van der Waals surface area contributed by atoms with Gasteiger partial charge in [-0.05, 0) is 38.3 Å². The Morgan fingerprint density at radius 3 is 2.61 bits per heavy atom. The summed E-state index contributed by atoms with van der Waals surface area (Å²) in [6.45, 7) is 4.72. The summed E-state index contributed by atoms with van der Waals surface area (Å²) in [5.74, 6) is 0. The van der Waals surface area contributed by atoms with Gasteiger partial charge in [0.2, 0.25) is 0 Å². The molecule has 2 aliphatic heterocycles. The van der Waals surface area contributed by atoms with Gasteiger partial charge in [0.25, 0.3) is 0 Å². The van der Waals surface area contributed by atoms with Gasteiger partial charge in [0, 0.05) is 6.42 Å². The fourth-order valence-corrected chi connectivity index (χ4v) is 3.04. The van der Waals surface area contributed by atoms with Crippen molar-refractivity contribution in [2.75, 3.05) is 0 Å². The summed E-state index contributed by atoms with van der Waals surface area (Å²) < 4.78 is 23.6. The topological polar surface area (TPSA) is 36.9 Å². The Kier molecular flexibility index (Phi) is 5.70. The van der Waals surface area contributed by atoms with Gasteiger partial charge < -0.3 is 18.9 Å². The predicted octanol–water partition coefficient (Wildman–Crippen LogP) is 3.80. The van der Waals surface area contributed by atoms with Crippen molar-refractivity contribution >= 4 is 0 Å². The molecule has 126 valence electrons. The van der Waals surface area contributed by atoms with E-state index in [-0.39, 0.29) is 30.7 Å². The average molecular weight is 318 g/mol. The molecule has 0 saturated carbocycles. The summed E-state index contributed by atoms with van der Waals surface area (Å²) in [7, 11) is 0. The first-order valence-electron chi connectivity index (χ1n) is 8.49. The van der Waals surface area contributed by atoms with E-state index in [9.17, 15) is 0 Å². The molecule has 0 amide bonds. The van der Waals surface area contributed by atoms with Gasteiger partial charge in [-0.25, -0.2) is 0 Å². The van der Waals surface area contributed by atoms with E-state index in [0.717, 1.165) is 19.3 Å². The lowest BCUT2D eigenvalue weighted by Gasteiger charge is -2.37. The summed E-state index contributed by atoms with van der Waals surface area (Å²) in [5, 5.41) is 0. The lowest BCUT2D eigenvalue weighted by atomic mass is 10.0. The van der Waals surface area contributed by atoms with Crippen LogP contribution in [0.2, 0.25) is 0 Å². The minimum Gasteiger partial charge on any atom is -0.496 e. The van der Waals surface area contributed by atoms with Crippen LogP contribution in [0, 0.1) is 0 Å². The molecule has 0 aliphatic carbocycles. The van der Waals surface area contributed by atoms with E-state index >= 15 is 0 Å². The Hall–Kier alpha value is -1.36. The monoisotopic (exact) mass is 318 g/mol. The van der Waals surface area contributed by atoms with Crippen LogP contribution in [-0.2, 0) is 25.6 Å². The van der Waals surface area contributed by atoms with Crippen molar-refractivity contribution < 1.29 is 18.9 Å². The molecule has 2 aliphatic rings. The van der Waals surface area contributed by atoms with Gasteiger partial charge in [-0.15, -0.1) is 0 Å². The van der Waals surface area contributed by atoms with E-state index in [4.69, 9.17) is 18.9 Å². The van der Waals surface area contributed by atoms with Gasteiger partial charge in [-0.3, -0.25) is 0 Å². The molecule has 0 N–H and O–H groups in total. The van der Waals surface area contributed by atoms with Crippen molar-refractivity contribution in [1.82, 2.24) is 0 Å². The fraction of sp³-hybridized carbons (Fsp3) is 0.579. The van der Waals surface area contributed by atoms with Gasteiger partial charge >= 0.3 is 0 Å². The number of hydrogen-bond acceptors (Lipinski definition) is 4. The molecule has 0 bridgehead atoms. The summed E-state index contributed by atoms with van der Waals surface area (Å²) in [6, 6.07) is 10.2. The quantitative estimate of drug-likeness (QED) is 0.827. The lowest BCUT2D eigenvalue weighted by Crippen LogP contribution is -2.43. The van der Waals surface area contributed by atoms with Crippen molar-refractivity contribution in [3.63, 3.8) is 0 Å². The second kappa shape index (κ2) is 7.95. The smallest absolute Gasteiger partial charge is 0.158 e. The highest BCUT2D eigenvalue weighted by Gasteiger charge is 2.32. The zero-order valence-corrected chi connectivity index (χ0v) is 13.9. The van der Waals surface area contributed by atoms with Gasteiger partial charge in [-0.1, -0.05) is 30.3 Å². The van der Waals surface area contributed by atoms with Gasteiger partial charge in [0.15, 0.2) is 6.29 Å². The molecular weight excluding hydrogens is 292 g/mol. The van der Waals surface area contributed by atoms with Crippen molar-refractivity contribution in [3.8, 4) is 0 Å². The van der Waals surface area contributed by atoms with Crippen LogP contribution in [-0.4, -0.2) is 30.7 Å². The van der Waals surface area contributed by atoms with Gasteiger partial charge in [0.05, 0.1) is 25.1 Å². The predicted molar refractivity (Wildman–Crippen MR) is 87.8 cm³/mol. The van der Waals surface area contributed by atoms with Crippen LogP contribution in [0.1, 0.15) is 38.7 Å². The molecule has 1 fully saturated rings. The molecule has 3 rings (SSSR count). The molecule has 1 aromatic carbocycles. The van der Waals surface area contributed by atoms with E-state index < -0.39 is 0 Å². The van der Waals surface area contributed by atoms with Crippen LogP contribution in [0.15, 0.2) is 42.7 Å². The van der Waals surface area contributed by atoms with E-state index in [1.165, 1.54) is 5.56 Å². The van der Waals surface area contributed by atoms with E-state index in [1.54, 1.807) is 6.26 Å². The van der Waals surface area contributed by atoms with Gasteiger partial charge in [-0.2, -0.15) is 0 Å². The second-order valence-corrected chi connectivity index (χ2v) is 6.31. The van der Waals surface area contributed by atoms with E-state index in [1.807, 2.05) is 31.2 Å². The van der Waals surface area contributed by atoms with Crippen LogP contribution < -0.4 is 0 Å². The number of rotatable bonds is 5. The molecule has 4 nitrogen and oxygen atoms in total.